The summed E-state index contributed by atoms with van der Waals surface area (Å²) in [5, 5.41) is 12.9. The van der Waals surface area contributed by atoms with Crippen molar-refractivity contribution in [2.45, 2.75) is 51.1 Å². The molecule has 0 spiro atoms. The van der Waals surface area contributed by atoms with Crippen molar-refractivity contribution in [3.05, 3.63) is 0 Å². The van der Waals surface area contributed by atoms with E-state index in [0.29, 0.717) is 0 Å². The molecule has 2 heterocycles. The van der Waals surface area contributed by atoms with E-state index in [2.05, 4.69) is 24.1 Å². The van der Waals surface area contributed by atoms with E-state index in [0.717, 1.165) is 24.9 Å². The largest absolute Gasteiger partial charge is 0.394 e. The zero-order chi connectivity index (χ0) is 11.6. The van der Waals surface area contributed by atoms with Crippen LogP contribution in [0.25, 0.3) is 0 Å². The van der Waals surface area contributed by atoms with E-state index in [-0.39, 0.29) is 12.1 Å². The molecule has 2 rings (SSSR count). The van der Waals surface area contributed by atoms with Crippen LogP contribution >= 0.6 is 0 Å². The molecule has 3 nitrogen and oxygen atoms in total. The molecule has 3 atom stereocenters. The van der Waals surface area contributed by atoms with Crippen molar-refractivity contribution >= 4 is 0 Å². The van der Waals surface area contributed by atoms with E-state index >= 15 is 0 Å². The molecule has 3 unspecified atom stereocenters. The highest BCUT2D eigenvalue weighted by Gasteiger charge is 2.39. The lowest BCUT2D eigenvalue weighted by Gasteiger charge is -2.38. The van der Waals surface area contributed by atoms with E-state index in [4.69, 9.17) is 0 Å². The summed E-state index contributed by atoms with van der Waals surface area (Å²) in [7, 11) is 0. The molecule has 0 aromatic rings. The predicted octanol–water partition coefficient (Wildman–Crippen LogP) is 1.22. The van der Waals surface area contributed by atoms with Crippen LogP contribution in [0, 0.1) is 5.92 Å². The fourth-order valence-corrected chi connectivity index (χ4v) is 3.44. The maximum atomic E-state index is 9.39. The topological polar surface area (TPSA) is 35.5 Å². The van der Waals surface area contributed by atoms with Crippen molar-refractivity contribution in [3.63, 3.8) is 0 Å². The molecule has 0 aliphatic carbocycles. The Morgan fingerprint density at radius 1 is 1.44 bits per heavy atom. The average molecular weight is 226 g/mol. The minimum Gasteiger partial charge on any atom is -0.394 e. The van der Waals surface area contributed by atoms with Crippen molar-refractivity contribution in [1.82, 2.24) is 10.2 Å². The number of nitrogens with zero attached hydrogens (tertiary/aromatic N) is 1. The first kappa shape index (κ1) is 12.3. The van der Waals surface area contributed by atoms with Crippen molar-refractivity contribution in [2.24, 2.45) is 5.92 Å². The van der Waals surface area contributed by atoms with Gasteiger partial charge in [0.15, 0.2) is 0 Å². The Morgan fingerprint density at radius 2 is 2.25 bits per heavy atom. The Balaban J connectivity index is 1.96. The van der Waals surface area contributed by atoms with Crippen LogP contribution in [-0.4, -0.2) is 47.8 Å². The van der Waals surface area contributed by atoms with Gasteiger partial charge >= 0.3 is 0 Å². The Bertz CT molecular complexity index is 234. The number of nitrogens with one attached hydrogen (secondary N) is 1. The van der Waals surface area contributed by atoms with E-state index < -0.39 is 0 Å². The van der Waals surface area contributed by atoms with Gasteiger partial charge in [-0.15, -0.1) is 0 Å². The average Bonchev–Trinajstić information content (AvgIpc) is 2.73. The van der Waals surface area contributed by atoms with Gasteiger partial charge in [-0.3, -0.25) is 0 Å². The third kappa shape index (κ3) is 2.41. The van der Waals surface area contributed by atoms with Crippen LogP contribution in [0.2, 0.25) is 0 Å². The molecule has 94 valence electrons. The predicted molar refractivity (Wildman–Crippen MR) is 66.5 cm³/mol. The van der Waals surface area contributed by atoms with Crippen LogP contribution in [0.15, 0.2) is 0 Å². The van der Waals surface area contributed by atoms with Crippen LogP contribution in [0.3, 0.4) is 0 Å². The number of aliphatic hydroxyl groups excluding tert-OH is 1. The van der Waals surface area contributed by atoms with Crippen LogP contribution in [0.4, 0.5) is 0 Å². The Morgan fingerprint density at radius 3 is 2.88 bits per heavy atom. The number of likely N-dealkylation sites (tertiary alicyclic amines) is 1. The van der Waals surface area contributed by atoms with E-state index in [1.165, 1.54) is 32.4 Å². The molecule has 0 aromatic carbocycles. The second-order valence-electron chi connectivity index (χ2n) is 5.76. The highest BCUT2D eigenvalue weighted by atomic mass is 16.3. The Kier molecular flexibility index (Phi) is 3.88. The van der Waals surface area contributed by atoms with E-state index in [1.807, 2.05) is 0 Å². The van der Waals surface area contributed by atoms with Crippen LogP contribution < -0.4 is 5.32 Å². The first-order valence-corrected chi connectivity index (χ1v) is 6.78. The SMILES string of the molecule is CCN1CCCCC1C1CNC(C)(CO)C1. The van der Waals surface area contributed by atoms with Crippen molar-refractivity contribution in [2.75, 3.05) is 26.2 Å². The third-order valence-corrected chi connectivity index (χ3v) is 4.47. The number of piperidine rings is 1. The summed E-state index contributed by atoms with van der Waals surface area (Å²) in [5.41, 5.74) is -0.0263. The zero-order valence-corrected chi connectivity index (χ0v) is 10.7. The first-order chi connectivity index (χ1) is 7.68. The quantitative estimate of drug-likeness (QED) is 0.759. The van der Waals surface area contributed by atoms with Gasteiger partial charge in [0.1, 0.15) is 0 Å². The number of hydrogen-bond donors (Lipinski definition) is 2. The van der Waals surface area contributed by atoms with E-state index in [1.54, 1.807) is 0 Å². The maximum absolute atomic E-state index is 9.39. The Labute approximate surface area is 99.2 Å². The Hall–Kier alpha value is -0.120. The lowest BCUT2D eigenvalue weighted by Crippen LogP contribution is -2.44. The summed E-state index contributed by atoms with van der Waals surface area (Å²) in [6.07, 6.45) is 5.22. The van der Waals surface area contributed by atoms with Crippen LogP contribution in [0.1, 0.15) is 39.5 Å². The molecule has 0 radical (unpaired) electrons. The second-order valence-corrected chi connectivity index (χ2v) is 5.76. The summed E-state index contributed by atoms with van der Waals surface area (Å²) >= 11 is 0. The number of hydrogen-bond acceptors (Lipinski definition) is 3. The molecule has 2 N–H and O–H groups in total. The maximum Gasteiger partial charge on any atom is 0.0610 e. The zero-order valence-electron chi connectivity index (χ0n) is 10.7. The molecular formula is C13H26N2O. The number of rotatable bonds is 3. The summed E-state index contributed by atoms with van der Waals surface area (Å²) in [6, 6.07) is 0.750. The first-order valence-electron chi connectivity index (χ1n) is 6.78. The molecular weight excluding hydrogens is 200 g/mol. The van der Waals surface area contributed by atoms with Gasteiger partial charge in [-0.2, -0.15) is 0 Å². The molecule has 0 bridgehead atoms. The van der Waals surface area contributed by atoms with Gasteiger partial charge in [0.2, 0.25) is 0 Å². The molecule has 0 aromatic heterocycles. The van der Waals surface area contributed by atoms with Gasteiger partial charge in [0, 0.05) is 18.1 Å². The summed E-state index contributed by atoms with van der Waals surface area (Å²) < 4.78 is 0. The van der Waals surface area contributed by atoms with Gasteiger partial charge in [0.05, 0.1) is 6.61 Å². The van der Waals surface area contributed by atoms with Crippen molar-refractivity contribution in [3.8, 4) is 0 Å². The third-order valence-electron chi connectivity index (χ3n) is 4.47. The minimum absolute atomic E-state index is 0.0263. The lowest BCUT2D eigenvalue weighted by molar-refractivity contribution is 0.105. The molecule has 0 amide bonds. The van der Waals surface area contributed by atoms with Gasteiger partial charge in [-0.1, -0.05) is 13.3 Å². The molecule has 16 heavy (non-hydrogen) atoms. The normalized spacial score (nSPS) is 41.4. The molecule has 3 heteroatoms. The monoisotopic (exact) mass is 226 g/mol. The standard InChI is InChI=1S/C13H26N2O/c1-3-15-7-5-4-6-12(15)11-8-13(2,10-16)14-9-11/h11-12,14,16H,3-10H2,1-2H3. The van der Waals surface area contributed by atoms with Crippen molar-refractivity contribution in [1.29, 1.82) is 0 Å². The smallest absolute Gasteiger partial charge is 0.0610 e. The van der Waals surface area contributed by atoms with Crippen molar-refractivity contribution < 1.29 is 5.11 Å². The molecule has 0 saturated carbocycles. The summed E-state index contributed by atoms with van der Waals surface area (Å²) in [6.45, 7) is 8.21. The fraction of sp³-hybridized carbons (Fsp3) is 1.00. The second kappa shape index (κ2) is 5.03. The van der Waals surface area contributed by atoms with Gasteiger partial charge in [-0.05, 0) is 45.2 Å². The van der Waals surface area contributed by atoms with Gasteiger partial charge in [0.25, 0.3) is 0 Å². The van der Waals surface area contributed by atoms with Gasteiger partial charge in [-0.25, -0.2) is 0 Å². The molecule has 2 aliphatic rings. The fourth-order valence-electron chi connectivity index (χ4n) is 3.44. The van der Waals surface area contributed by atoms with E-state index in [9.17, 15) is 5.11 Å². The van der Waals surface area contributed by atoms with Crippen LogP contribution in [-0.2, 0) is 0 Å². The highest BCUT2D eigenvalue weighted by Crippen LogP contribution is 2.32. The number of aliphatic hydroxyl groups is 1. The molecule has 2 saturated heterocycles. The van der Waals surface area contributed by atoms with Crippen LogP contribution in [0.5, 0.6) is 0 Å². The summed E-state index contributed by atoms with van der Waals surface area (Å²) in [4.78, 5) is 2.64. The molecule has 2 fully saturated rings. The summed E-state index contributed by atoms with van der Waals surface area (Å²) in [5.74, 6) is 0.734. The highest BCUT2D eigenvalue weighted by molar-refractivity contribution is 4.98. The van der Waals surface area contributed by atoms with Gasteiger partial charge < -0.3 is 15.3 Å². The lowest BCUT2D eigenvalue weighted by atomic mass is 9.85. The minimum atomic E-state index is -0.0263. The molecule has 2 aliphatic heterocycles.